The third-order valence-electron chi connectivity index (χ3n) is 2.36. The standard InChI is InChI=1S/C10H20N2O/c1-3-10(4-2)12(8-9-13)7-5-6-11/h10,13H,3-5,7-9H2,1-2H3. The summed E-state index contributed by atoms with van der Waals surface area (Å²) in [6.07, 6.45) is 2.72. The van der Waals surface area contributed by atoms with Gasteiger partial charge < -0.3 is 5.11 Å². The number of rotatable bonds is 7. The van der Waals surface area contributed by atoms with Crippen LogP contribution < -0.4 is 0 Å². The zero-order valence-corrected chi connectivity index (χ0v) is 8.66. The molecule has 0 radical (unpaired) electrons. The maximum absolute atomic E-state index is 8.85. The number of nitrogens with zero attached hydrogens (tertiary/aromatic N) is 2. The van der Waals surface area contributed by atoms with Crippen molar-refractivity contribution < 1.29 is 5.11 Å². The fraction of sp³-hybridized carbons (Fsp3) is 0.900. The SMILES string of the molecule is CCC(CC)N(CCO)CCC#N. The van der Waals surface area contributed by atoms with E-state index in [-0.39, 0.29) is 6.61 Å². The molecule has 0 bridgehead atoms. The first-order chi connectivity index (χ1) is 6.29. The van der Waals surface area contributed by atoms with Gasteiger partial charge in [-0.2, -0.15) is 5.26 Å². The Morgan fingerprint density at radius 2 is 1.92 bits per heavy atom. The van der Waals surface area contributed by atoms with Gasteiger partial charge in [0.2, 0.25) is 0 Å². The van der Waals surface area contributed by atoms with E-state index in [1.54, 1.807) is 0 Å². The van der Waals surface area contributed by atoms with Gasteiger partial charge in [-0.1, -0.05) is 13.8 Å². The average Bonchev–Trinajstić information content (AvgIpc) is 2.16. The van der Waals surface area contributed by atoms with Gasteiger partial charge in [0.1, 0.15) is 0 Å². The largest absolute Gasteiger partial charge is 0.395 e. The zero-order chi connectivity index (χ0) is 10.1. The van der Waals surface area contributed by atoms with Crippen LogP contribution in [0.4, 0.5) is 0 Å². The van der Waals surface area contributed by atoms with Crippen LogP contribution in [0.2, 0.25) is 0 Å². The van der Waals surface area contributed by atoms with Gasteiger partial charge in [-0.15, -0.1) is 0 Å². The summed E-state index contributed by atoms with van der Waals surface area (Å²) in [7, 11) is 0. The van der Waals surface area contributed by atoms with Crippen LogP contribution in [0.25, 0.3) is 0 Å². The Kier molecular flexibility index (Phi) is 7.66. The lowest BCUT2D eigenvalue weighted by atomic mass is 10.1. The predicted molar refractivity (Wildman–Crippen MR) is 53.3 cm³/mol. The lowest BCUT2D eigenvalue weighted by Crippen LogP contribution is -2.37. The van der Waals surface area contributed by atoms with Crippen molar-refractivity contribution in [2.75, 3.05) is 19.7 Å². The van der Waals surface area contributed by atoms with Crippen LogP contribution in [0.3, 0.4) is 0 Å². The third kappa shape index (κ3) is 4.87. The Balaban J connectivity index is 3.97. The molecule has 0 aromatic rings. The molecule has 76 valence electrons. The second-order valence-corrected chi connectivity index (χ2v) is 3.14. The highest BCUT2D eigenvalue weighted by Gasteiger charge is 2.13. The van der Waals surface area contributed by atoms with Gasteiger partial charge in [0.05, 0.1) is 12.7 Å². The van der Waals surface area contributed by atoms with Crippen molar-refractivity contribution >= 4 is 0 Å². The molecule has 3 heteroatoms. The van der Waals surface area contributed by atoms with Crippen LogP contribution >= 0.6 is 0 Å². The van der Waals surface area contributed by atoms with Crippen molar-refractivity contribution in [1.29, 1.82) is 5.26 Å². The minimum atomic E-state index is 0.182. The first-order valence-electron chi connectivity index (χ1n) is 5.01. The number of hydrogen-bond donors (Lipinski definition) is 1. The highest BCUT2D eigenvalue weighted by Crippen LogP contribution is 2.08. The molecular formula is C10H20N2O. The molecule has 0 saturated heterocycles. The third-order valence-corrected chi connectivity index (χ3v) is 2.36. The maximum Gasteiger partial charge on any atom is 0.0635 e. The van der Waals surface area contributed by atoms with Crippen molar-refractivity contribution in [3.05, 3.63) is 0 Å². The monoisotopic (exact) mass is 184 g/mol. The summed E-state index contributed by atoms with van der Waals surface area (Å²) in [5, 5.41) is 17.3. The molecule has 0 unspecified atom stereocenters. The minimum Gasteiger partial charge on any atom is -0.395 e. The summed E-state index contributed by atoms with van der Waals surface area (Å²) >= 11 is 0. The molecule has 0 heterocycles. The normalized spacial score (nSPS) is 10.8. The second kappa shape index (κ2) is 8.03. The molecule has 0 aliphatic carbocycles. The molecule has 0 aromatic heterocycles. The Hall–Kier alpha value is -0.590. The van der Waals surface area contributed by atoms with E-state index in [4.69, 9.17) is 10.4 Å². The van der Waals surface area contributed by atoms with Gasteiger partial charge in [-0.3, -0.25) is 4.90 Å². The Morgan fingerprint density at radius 3 is 2.31 bits per heavy atom. The van der Waals surface area contributed by atoms with E-state index in [9.17, 15) is 0 Å². The second-order valence-electron chi connectivity index (χ2n) is 3.14. The van der Waals surface area contributed by atoms with Gasteiger partial charge >= 0.3 is 0 Å². The van der Waals surface area contributed by atoms with Gasteiger partial charge in [-0.25, -0.2) is 0 Å². The topological polar surface area (TPSA) is 47.3 Å². The molecule has 0 aromatic carbocycles. The van der Waals surface area contributed by atoms with Gasteiger partial charge in [0, 0.05) is 25.6 Å². The van der Waals surface area contributed by atoms with Gasteiger partial charge in [-0.05, 0) is 12.8 Å². The molecule has 3 nitrogen and oxygen atoms in total. The number of aliphatic hydroxyl groups is 1. The molecular weight excluding hydrogens is 164 g/mol. The summed E-state index contributed by atoms with van der Waals surface area (Å²) in [6, 6.07) is 2.65. The molecule has 1 N–H and O–H groups in total. The molecule has 13 heavy (non-hydrogen) atoms. The quantitative estimate of drug-likeness (QED) is 0.650. The van der Waals surface area contributed by atoms with Crippen LogP contribution in [-0.2, 0) is 0 Å². The summed E-state index contributed by atoms with van der Waals surface area (Å²) < 4.78 is 0. The summed E-state index contributed by atoms with van der Waals surface area (Å²) in [5.74, 6) is 0. The fourth-order valence-electron chi connectivity index (χ4n) is 1.60. The van der Waals surface area contributed by atoms with E-state index in [1.807, 2.05) is 0 Å². The van der Waals surface area contributed by atoms with Crippen LogP contribution in [0.15, 0.2) is 0 Å². The highest BCUT2D eigenvalue weighted by atomic mass is 16.3. The van der Waals surface area contributed by atoms with E-state index >= 15 is 0 Å². The van der Waals surface area contributed by atoms with Crippen molar-refractivity contribution in [2.24, 2.45) is 0 Å². The van der Waals surface area contributed by atoms with Crippen LogP contribution in [0.5, 0.6) is 0 Å². The van der Waals surface area contributed by atoms with Crippen molar-refractivity contribution in [1.82, 2.24) is 4.90 Å². The summed E-state index contributed by atoms with van der Waals surface area (Å²) in [4.78, 5) is 2.20. The Labute approximate surface area is 81.0 Å². The maximum atomic E-state index is 8.85. The predicted octanol–water partition coefficient (Wildman–Crippen LogP) is 1.38. The van der Waals surface area contributed by atoms with Crippen molar-refractivity contribution in [3.63, 3.8) is 0 Å². The number of aliphatic hydroxyl groups excluding tert-OH is 1. The molecule has 0 atom stereocenters. The van der Waals surface area contributed by atoms with Crippen LogP contribution in [-0.4, -0.2) is 35.7 Å². The van der Waals surface area contributed by atoms with E-state index in [0.29, 0.717) is 19.0 Å². The number of nitriles is 1. The first kappa shape index (κ1) is 12.4. The van der Waals surface area contributed by atoms with Gasteiger partial charge in [0.15, 0.2) is 0 Å². The molecule has 0 aliphatic heterocycles. The first-order valence-corrected chi connectivity index (χ1v) is 5.01. The van der Waals surface area contributed by atoms with E-state index in [2.05, 4.69) is 24.8 Å². The van der Waals surface area contributed by atoms with Crippen LogP contribution in [0.1, 0.15) is 33.1 Å². The number of hydrogen-bond acceptors (Lipinski definition) is 3. The Bertz CT molecular complexity index is 149. The highest BCUT2D eigenvalue weighted by molar-refractivity contribution is 4.76. The van der Waals surface area contributed by atoms with E-state index in [1.165, 1.54) is 0 Å². The Morgan fingerprint density at radius 1 is 1.31 bits per heavy atom. The molecule has 0 saturated carbocycles. The molecule has 0 rings (SSSR count). The van der Waals surface area contributed by atoms with E-state index < -0.39 is 0 Å². The smallest absolute Gasteiger partial charge is 0.0635 e. The average molecular weight is 184 g/mol. The molecule has 0 spiro atoms. The van der Waals surface area contributed by atoms with E-state index in [0.717, 1.165) is 19.4 Å². The lowest BCUT2D eigenvalue weighted by molar-refractivity contribution is 0.146. The lowest BCUT2D eigenvalue weighted by Gasteiger charge is -2.28. The van der Waals surface area contributed by atoms with Gasteiger partial charge in [0.25, 0.3) is 0 Å². The molecule has 0 amide bonds. The molecule has 0 aliphatic rings. The summed E-state index contributed by atoms with van der Waals surface area (Å²) in [6.45, 7) is 5.94. The summed E-state index contributed by atoms with van der Waals surface area (Å²) in [5.41, 5.74) is 0. The van der Waals surface area contributed by atoms with Crippen molar-refractivity contribution in [2.45, 2.75) is 39.2 Å². The van der Waals surface area contributed by atoms with Crippen molar-refractivity contribution in [3.8, 4) is 6.07 Å². The minimum absolute atomic E-state index is 0.182. The molecule has 0 fully saturated rings. The zero-order valence-electron chi connectivity index (χ0n) is 8.66. The fourth-order valence-corrected chi connectivity index (χ4v) is 1.60. The van der Waals surface area contributed by atoms with Crippen LogP contribution in [0, 0.1) is 11.3 Å².